The van der Waals surface area contributed by atoms with Gasteiger partial charge in [0.2, 0.25) is 0 Å². The maximum Gasteiger partial charge on any atom is 0.120 e. The minimum Gasteiger partial charge on any atom is -0.489 e. The zero-order valence-corrected chi connectivity index (χ0v) is 11.5. The molecular formula is C17H21NO. The monoisotopic (exact) mass is 255 g/mol. The van der Waals surface area contributed by atoms with Crippen LogP contribution in [-0.4, -0.2) is 19.7 Å². The van der Waals surface area contributed by atoms with E-state index in [0.29, 0.717) is 6.61 Å². The van der Waals surface area contributed by atoms with Gasteiger partial charge in [-0.1, -0.05) is 43.8 Å². The average molecular weight is 255 g/mol. The van der Waals surface area contributed by atoms with Gasteiger partial charge in [-0.15, -0.1) is 0 Å². The SMILES string of the molecule is C=C(CNCCC)COc1ccc2ccccc2c1. The molecule has 2 aromatic carbocycles. The zero-order valence-electron chi connectivity index (χ0n) is 11.5. The van der Waals surface area contributed by atoms with Gasteiger partial charge in [0, 0.05) is 6.54 Å². The fourth-order valence-corrected chi connectivity index (χ4v) is 1.94. The molecule has 100 valence electrons. The first-order chi connectivity index (χ1) is 9.29. The van der Waals surface area contributed by atoms with E-state index < -0.39 is 0 Å². The van der Waals surface area contributed by atoms with Crippen molar-refractivity contribution >= 4 is 10.8 Å². The molecule has 0 radical (unpaired) electrons. The molecule has 0 aliphatic rings. The number of fused-ring (bicyclic) bond motifs is 1. The summed E-state index contributed by atoms with van der Waals surface area (Å²) in [4.78, 5) is 0. The predicted molar refractivity (Wildman–Crippen MR) is 81.7 cm³/mol. The summed E-state index contributed by atoms with van der Waals surface area (Å²) in [5.41, 5.74) is 1.07. The Morgan fingerprint density at radius 1 is 1.16 bits per heavy atom. The van der Waals surface area contributed by atoms with E-state index in [1.807, 2.05) is 18.2 Å². The standard InChI is InChI=1S/C17H21NO/c1-3-10-18-12-14(2)13-19-17-9-8-15-6-4-5-7-16(15)11-17/h4-9,11,18H,2-3,10,12-13H2,1H3. The lowest BCUT2D eigenvalue weighted by molar-refractivity contribution is 0.349. The van der Waals surface area contributed by atoms with E-state index in [2.05, 4.69) is 43.1 Å². The molecule has 0 spiro atoms. The van der Waals surface area contributed by atoms with Crippen molar-refractivity contribution in [3.8, 4) is 5.75 Å². The Labute approximate surface area is 115 Å². The quantitative estimate of drug-likeness (QED) is 0.600. The Hall–Kier alpha value is -1.80. The van der Waals surface area contributed by atoms with Crippen molar-refractivity contribution < 1.29 is 4.74 Å². The highest BCUT2D eigenvalue weighted by Crippen LogP contribution is 2.20. The highest BCUT2D eigenvalue weighted by molar-refractivity contribution is 5.83. The van der Waals surface area contributed by atoms with Crippen LogP contribution in [-0.2, 0) is 0 Å². The largest absolute Gasteiger partial charge is 0.489 e. The molecule has 0 unspecified atom stereocenters. The van der Waals surface area contributed by atoms with Gasteiger partial charge in [0.25, 0.3) is 0 Å². The maximum absolute atomic E-state index is 5.77. The van der Waals surface area contributed by atoms with Crippen molar-refractivity contribution in [2.24, 2.45) is 0 Å². The van der Waals surface area contributed by atoms with Crippen LogP contribution in [0.2, 0.25) is 0 Å². The van der Waals surface area contributed by atoms with E-state index in [1.54, 1.807) is 0 Å². The second-order valence-corrected chi connectivity index (χ2v) is 4.72. The number of benzene rings is 2. The average Bonchev–Trinajstić information content (AvgIpc) is 2.45. The molecule has 0 heterocycles. The van der Waals surface area contributed by atoms with Gasteiger partial charge >= 0.3 is 0 Å². The van der Waals surface area contributed by atoms with Crippen molar-refractivity contribution in [2.45, 2.75) is 13.3 Å². The van der Waals surface area contributed by atoms with Crippen LogP contribution in [0.1, 0.15) is 13.3 Å². The number of ether oxygens (including phenoxy) is 1. The van der Waals surface area contributed by atoms with Crippen LogP contribution in [0.15, 0.2) is 54.6 Å². The molecule has 0 saturated heterocycles. The Kier molecular flexibility index (Phi) is 4.99. The van der Waals surface area contributed by atoms with Crippen LogP contribution in [0.3, 0.4) is 0 Å². The van der Waals surface area contributed by atoms with Crippen LogP contribution in [0, 0.1) is 0 Å². The summed E-state index contributed by atoms with van der Waals surface area (Å²) >= 11 is 0. The third-order valence-electron chi connectivity index (χ3n) is 2.97. The highest BCUT2D eigenvalue weighted by Gasteiger charge is 1.99. The number of rotatable bonds is 7. The molecule has 2 aromatic rings. The molecule has 0 saturated carbocycles. The van der Waals surface area contributed by atoms with Gasteiger partial charge in [-0.3, -0.25) is 0 Å². The summed E-state index contributed by atoms with van der Waals surface area (Å²) in [5.74, 6) is 0.898. The third-order valence-corrected chi connectivity index (χ3v) is 2.97. The lowest BCUT2D eigenvalue weighted by Crippen LogP contribution is -2.20. The van der Waals surface area contributed by atoms with Crippen molar-refractivity contribution in [2.75, 3.05) is 19.7 Å². The van der Waals surface area contributed by atoms with Crippen molar-refractivity contribution in [1.29, 1.82) is 0 Å². The fourth-order valence-electron chi connectivity index (χ4n) is 1.94. The summed E-state index contributed by atoms with van der Waals surface area (Å²) in [6.45, 7) is 8.58. The lowest BCUT2D eigenvalue weighted by Gasteiger charge is -2.10. The van der Waals surface area contributed by atoms with Gasteiger partial charge in [-0.05, 0) is 41.4 Å². The normalized spacial score (nSPS) is 10.6. The van der Waals surface area contributed by atoms with Gasteiger partial charge in [0.15, 0.2) is 0 Å². The Bertz CT molecular complexity index is 548. The van der Waals surface area contributed by atoms with E-state index in [-0.39, 0.29) is 0 Å². The van der Waals surface area contributed by atoms with E-state index >= 15 is 0 Å². The summed E-state index contributed by atoms with van der Waals surface area (Å²) in [6.07, 6.45) is 1.14. The van der Waals surface area contributed by atoms with Crippen LogP contribution in [0.4, 0.5) is 0 Å². The van der Waals surface area contributed by atoms with E-state index in [0.717, 1.165) is 30.8 Å². The molecule has 0 fully saturated rings. The molecule has 19 heavy (non-hydrogen) atoms. The van der Waals surface area contributed by atoms with Crippen LogP contribution >= 0.6 is 0 Å². The number of hydrogen-bond donors (Lipinski definition) is 1. The molecule has 0 aliphatic carbocycles. The number of nitrogens with one attached hydrogen (secondary N) is 1. The topological polar surface area (TPSA) is 21.3 Å². The van der Waals surface area contributed by atoms with Gasteiger partial charge in [0.1, 0.15) is 12.4 Å². The van der Waals surface area contributed by atoms with Crippen molar-refractivity contribution in [3.05, 3.63) is 54.6 Å². The first-order valence-electron chi connectivity index (χ1n) is 6.78. The molecule has 0 atom stereocenters. The van der Waals surface area contributed by atoms with Gasteiger partial charge < -0.3 is 10.1 Å². The lowest BCUT2D eigenvalue weighted by atomic mass is 10.1. The smallest absolute Gasteiger partial charge is 0.120 e. The molecule has 1 N–H and O–H groups in total. The Morgan fingerprint density at radius 3 is 2.74 bits per heavy atom. The first kappa shape index (κ1) is 13.6. The summed E-state index contributed by atoms with van der Waals surface area (Å²) in [7, 11) is 0. The zero-order chi connectivity index (χ0) is 13.5. The molecule has 2 heteroatoms. The van der Waals surface area contributed by atoms with Crippen molar-refractivity contribution in [1.82, 2.24) is 5.32 Å². The fraction of sp³-hybridized carbons (Fsp3) is 0.294. The third kappa shape index (κ3) is 4.11. The molecule has 0 aromatic heterocycles. The second kappa shape index (κ2) is 6.95. The molecule has 0 bridgehead atoms. The molecule has 2 nitrogen and oxygen atoms in total. The van der Waals surface area contributed by atoms with E-state index in [9.17, 15) is 0 Å². The van der Waals surface area contributed by atoms with Crippen LogP contribution < -0.4 is 10.1 Å². The second-order valence-electron chi connectivity index (χ2n) is 4.72. The predicted octanol–water partition coefficient (Wildman–Crippen LogP) is 3.77. The number of hydrogen-bond acceptors (Lipinski definition) is 2. The minimum atomic E-state index is 0.565. The van der Waals surface area contributed by atoms with E-state index in [1.165, 1.54) is 10.8 Å². The van der Waals surface area contributed by atoms with Crippen LogP contribution in [0.5, 0.6) is 5.75 Å². The summed E-state index contributed by atoms with van der Waals surface area (Å²) < 4.78 is 5.77. The van der Waals surface area contributed by atoms with Crippen LogP contribution in [0.25, 0.3) is 10.8 Å². The molecule has 2 rings (SSSR count). The molecular weight excluding hydrogens is 234 g/mol. The van der Waals surface area contributed by atoms with Gasteiger partial charge in [-0.25, -0.2) is 0 Å². The Balaban J connectivity index is 1.89. The first-order valence-corrected chi connectivity index (χ1v) is 6.78. The van der Waals surface area contributed by atoms with Crippen molar-refractivity contribution in [3.63, 3.8) is 0 Å². The van der Waals surface area contributed by atoms with Gasteiger partial charge in [0.05, 0.1) is 0 Å². The minimum absolute atomic E-state index is 0.565. The molecule has 0 aliphatic heterocycles. The highest BCUT2D eigenvalue weighted by atomic mass is 16.5. The molecule has 0 amide bonds. The Morgan fingerprint density at radius 2 is 1.95 bits per heavy atom. The summed E-state index contributed by atoms with van der Waals surface area (Å²) in [6, 6.07) is 14.5. The summed E-state index contributed by atoms with van der Waals surface area (Å²) in [5, 5.41) is 5.76. The maximum atomic E-state index is 5.77. The van der Waals surface area contributed by atoms with Gasteiger partial charge in [-0.2, -0.15) is 0 Å². The van der Waals surface area contributed by atoms with E-state index in [4.69, 9.17) is 4.74 Å².